The highest BCUT2D eigenvalue weighted by Gasteiger charge is 2.10. The molecule has 0 spiro atoms. The highest BCUT2D eigenvalue weighted by molar-refractivity contribution is 7.89. The van der Waals surface area contributed by atoms with Crippen LogP contribution in [0, 0.1) is 0 Å². The second-order valence-electron chi connectivity index (χ2n) is 5.52. The summed E-state index contributed by atoms with van der Waals surface area (Å²) in [6.07, 6.45) is 0. The maximum Gasteiger partial charge on any atom is 0.340 e. The van der Waals surface area contributed by atoms with Gasteiger partial charge in [-0.2, -0.15) is 0 Å². The van der Waals surface area contributed by atoms with E-state index in [-0.39, 0.29) is 10.6 Å². The summed E-state index contributed by atoms with van der Waals surface area (Å²) in [5.74, 6) is 0.753. The van der Waals surface area contributed by atoms with Gasteiger partial charge in [0.15, 0.2) is 0 Å². The molecule has 0 saturated heterocycles. The summed E-state index contributed by atoms with van der Waals surface area (Å²) in [5, 5.41) is 5.03. The lowest BCUT2D eigenvalue weighted by molar-refractivity contribution is 0.482. The first-order valence-electron chi connectivity index (χ1n) is 7.50. The van der Waals surface area contributed by atoms with E-state index in [2.05, 4.69) is 0 Å². The summed E-state index contributed by atoms with van der Waals surface area (Å²) in [4.78, 5) is 37.4. The Morgan fingerprint density at radius 3 is 1.93 bits per heavy atom. The van der Waals surface area contributed by atoms with Crippen molar-refractivity contribution in [3.63, 3.8) is 0 Å². The number of H-pyrrole nitrogens is 1. The van der Waals surface area contributed by atoms with Crippen LogP contribution in [0.2, 0.25) is 0 Å². The van der Waals surface area contributed by atoms with Gasteiger partial charge in [-0.05, 0) is 48.5 Å². The van der Waals surface area contributed by atoms with Gasteiger partial charge >= 0.3 is 17.1 Å². The Hall–Kier alpha value is -3.44. The normalized spacial score (nSPS) is 11.3. The van der Waals surface area contributed by atoms with Crippen molar-refractivity contribution in [2.24, 2.45) is 12.2 Å². The molecule has 0 saturated carbocycles. The van der Waals surface area contributed by atoms with Crippen LogP contribution in [-0.2, 0) is 17.1 Å². The number of nitrogens with one attached hydrogen (secondary N) is 1. The van der Waals surface area contributed by atoms with Crippen LogP contribution in [0.15, 0.2) is 67.8 Å². The van der Waals surface area contributed by atoms with Gasteiger partial charge in [-0.15, -0.1) is 0 Å². The van der Waals surface area contributed by atoms with Crippen molar-refractivity contribution in [1.82, 2.24) is 14.1 Å². The number of hydrogen-bond donors (Lipinski definition) is 2. The lowest BCUT2D eigenvalue weighted by atomic mass is 10.3. The topological polar surface area (TPSA) is 146 Å². The largest absolute Gasteiger partial charge is 0.457 e. The number of aromatic nitrogens is 3. The van der Waals surface area contributed by atoms with Crippen LogP contribution in [0.3, 0.4) is 0 Å². The van der Waals surface area contributed by atoms with Crippen molar-refractivity contribution in [2.45, 2.75) is 4.90 Å². The predicted octanol–water partition coefficient (Wildman–Crippen LogP) is -0.336. The van der Waals surface area contributed by atoms with E-state index in [1.807, 2.05) is 4.98 Å². The molecule has 10 nitrogen and oxygen atoms in total. The molecule has 0 fully saturated rings. The summed E-state index contributed by atoms with van der Waals surface area (Å²) in [5.41, 5.74) is -2.19. The van der Waals surface area contributed by atoms with Crippen LogP contribution in [0.1, 0.15) is 0 Å². The predicted molar refractivity (Wildman–Crippen MR) is 95.8 cm³/mol. The third-order valence-electron chi connectivity index (χ3n) is 3.68. The van der Waals surface area contributed by atoms with Crippen LogP contribution < -0.4 is 26.9 Å². The first-order chi connectivity index (χ1) is 12.7. The molecule has 3 aromatic rings. The third-order valence-corrected chi connectivity index (χ3v) is 4.61. The van der Waals surface area contributed by atoms with Gasteiger partial charge in [0.1, 0.15) is 11.5 Å². The molecule has 0 radical (unpaired) electrons. The highest BCUT2D eigenvalue weighted by Crippen LogP contribution is 2.23. The minimum Gasteiger partial charge on any atom is -0.457 e. The Labute approximate surface area is 152 Å². The van der Waals surface area contributed by atoms with Gasteiger partial charge in [-0.3, -0.25) is 4.98 Å². The van der Waals surface area contributed by atoms with Crippen molar-refractivity contribution in [3.8, 4) is 17.2 Å². The Morgan fingerprint density at radius 1 is 0.889 bits per heavy atom. The molecule has 140 valence electrons. The monoisotopic (exact) mass is 390 g/mol. The van der Waals surface area contributed by atoms with Crippen LogP contribution in [0.25, 0.3) is 5.69 Å². The molecule has 0 unspecified atom stereocenters. The van der Waals surface area contributed by atoms with Crippen molar-refractivity contribution in [2.75, 3.05) is 0 Å². The Bertz CT molecular complexity index is 1270. The molecule has 0 aliphatic carbocycles. The fourth-order valence-corrected chi connectivity index (χ4v) is 2.79. The van der Waals surface area contributed by atoms with Gasteiger partial charge in [0.2, 0.25) is 10.0 Å². The standard InChI is InChI=1S/C16H14N4O6S/c1-19-14(21)18-15(22)20(16(19)23)10-2-4-11(5-3-10)26-12-6-8-13(9-7-12)27(17,24)25/h2-9H,1H3,(H2,17,24,25)(H,18,21,22). The molecule has 3 N–H and O–H groups in total. The Balaban J connectivity index is 1.89. The van der Waals surface area contributed by atoms with E-state index in [0.29, 0.717) is 11.5 Å². The zero-order valence-electron chi connectivity index (χ0n) is 13.9. The van der Waals surface area contributed by atoms with Crippen LogP contribution in [-0.4, -0.2) is 22.5 Å². The summed E-state index contributed by atoms with van der Waals surface area (Å²) >= 11 is 0. The van der Waals surface area contributed by atoms with Gasteiger partial charge in [0.05, 0.1) is 10.6 Å². The SMILES string of the molecule is Cn1c(=O)[nH]c(=O)n(-c2ccc(Oc3ccc(S(N)(=O)=O)cc3)cc2)c1=O. The minimum atomic E-state index is -3.79. The maximum atomic E-state index is 12.1. The Morgan fingerprint density at radius 2 is 1.41 bits per heavy atom. The number of rotatable bonds is 4. The lowest BCUT2D eigenvalue weighted by Crippen LogP contribution is -2.47. The fraction of sp³-hybridized carbons (Fsp3) is 0.0625. The second kappa shape index (κ2) is 6.70. The highest BCUT2D eigenvalue weighted by atomic mass is 32.2. The van der Waals surface area contributed by atoms with Crippen molar-refractivity contribution < 1.29 is 13.2 Å². The molecule has 3 rings (SSSR count). The number of aromatic amines is 1. The molecule has 11 heteroatoms. The molecule has 0 amide bonds. The fourth-order valence-electron chi connectivity index (χ4n) is 2.28. The third kappa shape index (κ3) is 3.73. The average Bonchev–Trinajstić information content (AvgIpc) is 2.61. The van der Waals surface area contributed by atoms with Crippen LogP contribution in [0.5, 0.6) is 11.5 Å². The molecule has 0 atom stereocenters. The van der Waals surface area contributed by atoms with Crippen molar-refractivity contribution in [3.05, 3.63) is 80.0 Å². The average molecular weight is 390 g/mol. The summed E-state index contributed by atoms with van der Waals surface area (Å²) < 4.78 is 29.6. The smallest absolute Gasteiger partial charge is 0.340 e. The molecule has 2 aromatic carbocycles. The van der Waals surface area contributed by atoms with E-state index >= 15 is 0 Å². The minimum absolute atomic E-state index is 0.0431. The van der Waals surface area contributed by atoms with Gasteiger partial charge in [-0.25, -0.2) is 37.1 Å². The zero-order chi connectivity index (χ0) is 19.8. The molecular formula is C16H14N4O6S. The van der Waals surface area contributed by atoms with E-state index < -0.39 is 27.1 Å². The number of hydrogen-bond acceptors (Lipinski definition) is 6. The summed E-state index contributed by atoms with van der Waals surface area (Å²) in [6.45, 7) is 0. The zero-order valence-corrected chi connectivity index (χ0v) is 14.8. The van der Waals surface area contributed by atoms with Gasteiger partial charge in [-0.1, -0.05) is 0 Å². The van der Waals surface area contributed by atoms with E-state index in [1.165, 1.54) is 55.6 Å². The molecule has 0 aliphatic rings. The number of nitrogens with two attached hydrogens (primary N) is 1. The van der Waals surface area contributed by atoms with E-state index in [9.17, 15) is 22.8 Å². The molecule has 1 heterocycles. The second-order valence-corrected chi connectivity index (χ2v) is 7.09. The quantitative estimate of drug-likeness (QED) is 0.623. The van der Waals surface area contributed by atoms with Crippen molar-refractivity contribution in [1.29, 1.82) is 0 Å². The lowest BCUT2D eigenvalue weighted by Gasteiger charge is -2.09. The summed E-state index contributed by atoms with van der Waals surface area (Å²) in [7, 11) is -2.54. The molecule has 1 aromatic heterocycles. The number of nitrogens with zero attached hydrogens (tertiary/aromatic N) is 2. The van der Waals surface area contributed by atoms with E-state index in [1.54, 1.807) is 0 Å². The number of primary sulfonamides is 1. The van der Waals surface area contributed by atoms with Gasteiger partial charge in [0, 0.05) is 7.05 Å². The first kappa shape index (κ1) is 18.4. The Kier molecular flexibility index (Phi) is 4.56. The summed E-state index contributed by atoms with van der Waals surface area (Å²) in [6, 6.07) is 11.5. The number of ether oxygens (including phenoxy) is 1. The molecular weight excluding hydrogens is 376 g/mol. The van der Waals surface area contributed by atoms with E-state index in [4.69, 9.17) is 9.88 Å². The van der Waals surface area contributed by atoms with Gasteiger partial charge in [0.25, 0.3) is 0 Å². The van der Waals surface area contributed by atoms with Crippen LogP contribution >= 0.6 is 0 Å². The molecule has 27 heavy (non-hydrogen) atoms. The number of sulfonamides is 1. The number of benzene rings is 2. The maximum absolute atomic E-state index is 12.1. The first-order valence-corrected chi connectivity index (χ1v) is 9.05. The molecule has 0 bridgehead atoms. The van der Waals surface area contributed by atoms with E-state index in [0.717, 1.165) is 9.13 Å². The van der Waals surface area contributed by atoms with Crippen molar-refractivity contribution >= 4 is 10.0 Å². The molecule has 0 aliphatic heterocycles. The van der Waals surface area contributed by atoms with Crippen LogP contribution in [0.4, 0.5) is 0 Å². The van der Waals surface area contributed by atoms with Gasteiger partial charge < -0.3 is 4.74 Å².